The van der Waals surface area contributed by atoms with Crippen LogP contribution in [0.5, 0.6) is 0 Å². The SMILES string of the molecule is O=c1cc(NC[C@@H]2CC[C@H]2NCc2ccc(Cl)c(Cl)c2)[nH]c2ccccc12. The summed E-state index contributed by atoms with van der Waals surface area (Å²) in [7, 11) is 0. The summed E-state index contributed by atoms with van der Waals surface area (Å²) in [6, 6.07) is 15.4. The van der Waals surface area contributed by atoms with Crippen molar-refractivity contribution in [1.82, 2.24) is 10.3 Å². The summed E-state index contributed by atoms with van der Waals surface area (Å²) in [5, 5.41) is 8.87. The van der Waals surface area contributed by atoms with Gasteiger partial charge in [0.15, 0.2) is 5.43 Å². The minimum atomic E-state index is 0.0368. The molecule has 1 aliphatic carbocycles. The van der Waals surface area contributed by atoms with Gasteiger partial charge in [-0.05, 0) is 48.6 Å². The molecule has 0 radical (unpaired) electrons. The van der Waals surface area contributed by atoms with Crippen LogP contribution in [0.1, 0.15) is 18.4 Å². The molecule has 6 heteroatoms. The summed E-state index contributed by atoms with van der Waals surface area (Å²) >= 11 is 12.0. The third kappa shape index (κ3) is 4.13. The van der Waals surface area contributed by atoms with E-state index in [-0.39, 0.29) is 5.43 Å². The molecule has 0 bridgehead atoms. The first-order valence-electron chi connectivity index (χ1n) is 9.13. The van der Waals surface area contributed by atoms with Crippen molar-refractivity contribution in [3.63, 3.8) is 0 Å². The molecule has 3 aromatic rings. The van der Waals surface area contributed by atoms with Gasteiger partial charge in [0, 0.05) is 30.6 Å². The lowest BCUT2D eigenvalue weighted by Gasteiger charge is -2.37. The third-order valence-corrected chi connectivity index (χ3v) is 6.00. The third-order valence-electron chi connectivity index (χ3n) is 5.26. The lowest BCUT2D eigenvalue weighted by Crippen LogP contribution is -2.46. The highest BCUT2D eigenvalue weighted by molar-refractivity contribution is 6.42. The minimum absolute atomic E-state index is 0.0368. The molecule has 1 heterocycles. The van der Waals surface area contributed by atoms with Crippen LogP contribution >= 0.6 is 23.2 Å². The molecule has 0 spiro atoms. The highest BCUT2D eigenvalue weighted by Gasteiger charge is 2.30. The Labute approximate surface area is 167 Å². The highest BCUT2D eigenvalue weighted by Crippen LogP contribution is 2.28. The molecule has 0 aliphatic heterocycles. The maximum absolute atomic E-state index is 12.2. The standard InChI is InChI=1S/C21H21Cl2N3O/c22-16-7-5-13(9-17(16)23)11-24-18-8-6-14(18)12-25-21-10-20(27)15-3-1-2-4-19(15)26-21/h1-5,7,9-10,14,18,24H,6,8,11-12H2,(H2,25,26,27)/t14-,18+/m0/s1. The van der Waals surface area contributed by atoms with Crippen molar-refractivity contribution >= 4 is 39.9 Å². The van der Waals surface area contributed by atoms with E-state index < -0.39 is 0 Å². The average molecular weight is 402 g/mol. The van der Waals surface area contributed by atoms with Crippen molar-refractivity contribution in [3.8, 4) is 0 Å². The van der Waals surface area contributed by atoms with E-state index in [0.29, 0.717) is 27.4 Å². The summed E-state index contributed by atoms with van der Waals surface area (Å²) in [4.78, 5) is 15.5. The van der Waals surface area contributed by atoms with E-state index in [2.05, 4.69) is 15.6 Å². The van der Waals surface area contributed by atoms with E-state index >= 15 is 0 Å². The number of aromatic amines is 1. The molecule has 1 aromatic heterocycles. The maximum Gasteiger partial charge on any atom is 0.191 e. The van der Waals surface area contributed by atoms with E-state index in [1.807, 2.05) is 42.5 Å². The van der Waals surface area contributed by atoms with Crippen LogP contribution in [0, 0.1) is 5.92 Å². The second-order valence-electron chi connectivity index (χ2n) is 7.05. The normalized spacial score (nSPS) is 19.0. The molecule has 1 saturated carbocycles. The van der Waals surface area contributed by atoms with Crippen LogP contribution in [-0.4, -0.2) is 17.6 Å². The number of halogens is 2. The molecule has 3 N–H and O–H groups in total. The van der Waals surface area contributed by atoms with Crippen molar-refractivity contribution in [2.75, 3.05) is 11.9 Å². The van der Waals surface area contributed by atoms with E-state index in [4.69, 9.17) is 23.2 Å². The zero-order valence-electron chi connectivity index (χ0n) is 14.8. The summed E-state index contributed by atoms with van der Waals surface area (Å²) < 4.78 is 0. The fourth-order valence-corrected chi connectivity index (χ4v) is 3.83. The average Bonchev–Trinajstić information content (AvgIpc) is 2.64. The molecule has 140 valence electrons. The van der Waals surface area contributed by atoms with E-state index in [9.17, 15) is 4.79 Å². The van der Waals surface area contributed by atoms with E-state index in [1.54, 1.807) is 6.07 Å². The van der Waals surface area contributed by atoms with Crippen LogP contribution in [0.4, 0.5) is 5.82 Å². The van der Waals surface area contributed by atoms with Gasteiger partial charge in [-0.15, -0.1) is 0 Å². The number of anilines is 1. The first-order valence-corrected chi connectivity index (χ1v) is 9.89. The number of nitrogens with one attached hydrogen (secondary N) is 3. The molecule has 0 unspecified atom stereocenters. The second-order valence-corrected chi connectivity index (χ2v) is 7.86. The number of fused-ring (bicyclic) bond motifs is 1. The predicted molar refractivity (Wildman–Crippen MR) is 113 cm³/mol. The van der Waals surface area contributed by atoms with Gasteiger partial charge in [0.1, 0.15) is 5.82 Å². The van der Waals surface area contributed by atoms with Crippen molar-refractivity contribution in [2.45, 2.75) is 25.4 Å². The second kappa shape index (κ2) is 7.93. The Hall–Kier alpha value is -2.01. The molecule has 0 saturated heterocycles. The van der Waals surface area contributed by atoms with Gasteiger partial charge in [-0.3, -0.25) is 4.79 Å². The van der Waals surface area contributed by atoms with Crippen LogP contribution in [0.15, 0.2) is 53.3 Å². The fraction of sp³-hybridized carbons (Fsp3) is 0.286. The van der Waals surface area contributed by atoms with Crippen molar-refractivity contribution in [2.24, 2.45) is 5.92 Å². The van der Waals surface area contributed by atoms with Gasteiger partial charge in [-0.2, -0.15) is 0 Å². The van der Waals surface area contributed by atoms with Gasteiger partial charge in [0.05, 0.1) is 15.6 Å². The number of hydrogen-bond acceptors (Lipinski definition) is 3. The Morgan fingerprint density at radius 1 is 1.04 bits per heavy atom. The Morgan fingerprint density at radius 3 is 2.67 bits per heavy atom. The minimum Gasteiger partial charge on any atom is -0.371 e. The molecule has 1 fully saturated rings. The van der Waals surface area contributed by atoms with Gasteiger partial charge in [-0.1, -0.05) is 41.4 Å². The maximum atomic E-state index is 12.2. The largest absolute Gasteiger partial charge is 0.371 e. The van der Waals surface area contributed by atoms with Crippen LogP contribution in [0.2, 0.25) is 10.0 Å². The Morgan fingerprint density at radius 2 is 1.89 bits per heavy atom. The molecule has 2 aromatic carbocycles. The topological polar surface area (TPSA) is 56.9 Å². The number of aromatic nitrogens is 1. The van der Waals surface area contributed by atoms with Crippen LogP contribution < -0.4 is 16.1 Å². The first kappa shape index (κ1) is 18.4. The van der Waals surface area contributed by atoms with Gasteiger partial charge in [-0.25, -0.2) is 0 Å². The van der Waals surface area contributed by atoms with Gasteiger partial charge >= 0.3 is 0 Å². The van der Waals surface area contributed by atoms with Gasteiger partial charge in [0.25, 0.3) is 0 Å². The Kier molecular flexibility index (Phi) is 5.39. The molecule has 2 atom stereocenters. The smallest absolute Gasteiger partial charge is 0.191 e. The zero-order chi connectivity index (χ0) is 18.8. The molecule has 4 nitrogen and oxygen atoms in total. The number of hydrogen-bond donors (Lipinski definition) is 3. The highest BCUT2D eigenvalue weighted by atomic mass is 35.5. The lowest BCUT2D eigenvalue weighted by atomic mass is 9.79. The predicted octanol–water partition coefficient (Wildman–Crippen LogP) is 4.82. The van der Waals surface area contributed by atoms with E-state index in [0.717, 1.165) is 36.4 Å². The molecular formula is C21H21Cl2N3O. The summed E-state index contributed by atoms with van der Waals surface area (Å²) in [5.41, 5.74) is 2.02. The van der Waals surface area contributed by atoms with Crippen molar-refractivity contribution < 1.29 is 0 Å². The monoisotopic (exact) mass is 401 g/mol. The molecule has 4 rings (SSSR count). The summed E-state index contributed by atoms with van der Waals surface area (Å²) in [6.07, 6.45) is 2.33. The quantitative estimate of drug-likeness (QED) is 0.554. The number of rotatable bonds is 6. The number of para-hydroxylation sites is 1. The lowest BCUT2D eigenvalue weighted by molar-refractivity contribution is 0.220. The fourth-order valence-electron chi connectivity index (χ4n) is 3.51. The van der Waals surface area contributed by atoms with Crippen molar-refractivity contribution in [3.05, 3.63) is 74.4 Å². The molecule has 27 heavy (non-hydrogen) atoms. The first-order chi connectivity index (χ1) is 13.1. The van der Waals surface area contributed by atoms with Gasteiger partial charge < -0.3 is 15.6 Å². The Balaban J connectivity index is 1.33. The van der Waals surface area contributed by atoms with Crippen LogP contribution in [-0.2, 0) is 6.54 Å². The summed E-state index contributed by atoms with van der Waals surface area (Å²) in [6.45, 7) is 1.60. The van der Waals surface area contributed by atoms with Crippen LogP contribution in [0.25, 0.3) is 10.9 Å². The molecule has 1 aliphatic rings. The van der Waals surface area contributed by atoms with Crippen molar-refractivity contribution in [1.29, 1.82) is 0 Å². The van der Waals surface area contributed by atoms with E-state index in [1.165, 1.54) is 6.42 Å². The summed E-state index contributed by atoms with van der Waals surface area (Å²) in [5.74, 6) is 1.30. The zero-order valence-corrected chi connectivity index (χ0v) is 16.3. The van der Waals surface area contributed by atoms with Crippen LogP contribution in [0.3, 0.4) is 0 Å². The molecule has 0 amide bonds. The van der Waals surface area contributed by atoms with Gasteiger partial charge in [0.2, 0.25) is 0 Å². The number of H-pyrrole nitrogens is 1. The number of benzene rings is 2. The molecular weight excluding hydrogens is 381 g/mol. The number of pyridine rings is 1. The Bertz CT molecular complexity index is 1020.